The van der Waals surface area contributed by atoms with Crippen LogP contribution >= 0.6 is 0 Å². The van der Waals surface area contributed by atoms with Crippen molar-refractivity contribution in [2.75, 3.05) is 6.61 Å². The van der Waals surface area contributed by atoms with E-state index in [1.54, 1.807) is 16.7 Å². The summed E-state index contributed by atoms with van der Waals surface area (Å²) in [5.41, 5.74) is 1.50. The summed E-state index contributed by atoms with van der Waals surface area (Å²) in [6.07, 6.45) is 2.73. The highest BCUT2D eigenvalue weighted by atomic mass is 16.5. The average Bonchev–Trinajstić information content (AvgIpc) is 2.87. The molecular weight excluding hydrogens is 242 g/mol. The van der Waals surface area contributed by atoms with Gasteiger partial charge in [0.25, 0.3) is 0 Å². The van der Waals surface area contributed by atoms with Crippen molar-refractivity contribution in [3.8, 4) is 5.75 Å². The fourth-order valence-electron chi connectivity index (χ4n) is 2.61. The molecule has 1 N–H and O–H groups in total. The Kier molecular flexibility index (Phi) is 2.99. The molecular formula is C15H15NO3. The fourth-order valence-corrected chi connectivity index (χ4v) is 2.61. The van der Waals surface area contributed by atoms with E-state index in [2.05, 4.69) is 6.07 Å². The van der Waals surface area contributed by atoms with Crippen LogP contribution in [0.25, 0.3) is 0 Å². The zero-order valence-electron chi connectivity index (χ0n) is 10.5. The van der Waals surface area contributed by atoms with Gasteiger partial charge in [0.15, 0.2) is 0 Å². The summed E-state index contributed by atoms with van der Waals surface area (Å²) in [6, 6.07) is 11.4. The number of benzene rings is 1. The highest BCUT2D eigenvalue weighted by molar-refractivity contribution is 5.85. The minimum atomic E-state index is -0.884. The summed E-state index contributed by atoms with van der Waals surface area (Å²) in [5.74, 6) is 0.337. The summed E-state index contributed by atoms with van der Waals surface area (Å²) >= 11 is 0. The maximum atomic E-state index is 11.1. The SMILES string of the molecule is O=C(O)c1cccn1CC1CCOc2ccccc21. The van der Waals surface area contributed by atoms with Gasteiger partial charge < -0.3 is 14.4 Å². The summed E-state index contributed by atoms with van der Waals surface area (Å²) in [6.45, 7) is 1.36. The largest absolute Gasteiger partial charge is 0.493 e. The quantitative estimate of drug-likeness (QED) is 0.919. The van der Waals surface area contributed by atoms with Gasteiger partial charge in [-0.1, -0.05) is 18.2 Å². The molecule has 3 rings (SSSR count). The summed E-state index contributed by atoms with van der Waals surface area (Å²) in [4.78, 5) is 11.1. The van der Waals surface area contributed by atoms with Gasteiger partial charge in [-0.05, 0) is 30.2 Å². The first-order valence-corrected chi connectivity index (χ1v) is 6.36. The first-order chi connectivity index (χ1) is 9.25. The van der Waals surface area contributed by atoms with Crippen LogP contribution < -0.4 is 4.74 Å². The molecule has 1 unspecified atom stereocenters. The summed E-state index contributed by atoms with van der Waals surface area (Å²) in [5, 5.41) is 9.13. The number of nitrogens with zero attached hydrogens (tertiary/aromatic N) is 1. The third kappa shape index (κ3) is 2.21. The van der Waals surface area contributed by atoms with Gasteiger partial charge in [-0.15, -0.1) is 0 Å². The molecule has 4 heteroatoms. The highest BCUT2D eigenvalue weighted by Gasteiger charge is 2.22. The van der Waals surface area contributed by atoms with E-state index in [0.29, 0.717) is 24.8 Å². The van der Waals surface area contributed by atoms with Crippen molar-refractivity contribution in [3.63, 3.8) is 0 Å². The molecule has 0 saturated heterocycles. The molecule has 4 nitrogen and oxygen atoms in total. The number of carboxylic acid groups (broad SMARTS) is 1. The molecule has 0 bridgehead atoms. The van der Waals surface area contributed by atoms with E-state index in [0.717, 1.165) is 12.2 Å². The lowest BCUT2D eigenvalue weighted by molar-refractivity contribution is 0.0684. The van der Waals surface area contributed by atoms with Crippen LogP contribution in [0.15, 0.2) is 42.6 Å². The lowest BCUT2D eigenvalue weighted by atomic mass is 9.93. The summed E-state index contributed by atoms with van der Waals surface area (Å²) < 4.78 is 7.43. The Morgan fingerprint density at radius 2 is 2.16 bits per heavy atom. The fraction of sp³-hybridized carbons (Fsp3) is 0.267. The molecule has 0 aliphatic carbocycles. The molecule has 0 fully saturated rings. The van der Waals surface area contributed by atoms with E-state index >= 15 is 0 Å². The molecule has 1 aliphatic rings. The number of para-hydroxylation sites is 1. The standard InChI is InChI=1S/C15H15NO3/c17-15(18)13-5-3-8-16(13)10-11-7-9-19-14-6-2-1-4-12(11)14/h1-6,8,11H,7,9-10H2,(H,17,18). The maximum absolute atomic E-state index is 11.1. The molecule has 0 amide bonds. The normalized spacial score (nSPS) is 17.6. The van der Waals surface area contributed by atoms with E-state index in [9.17, 15) is 4.79 Å². The van der Waals surface area contributed by atoms with Crippen molar-refractivity contribution in [2.24, 2.45) is 0 Å². The van der Waals surface area contributed by atoms with E-state index in [4.69, 9.17) is 9.84 Å². The van der Waals surface area contributed by atoms with Crippen LogP contribution in [-0.4, -0.2) is 22.2 Å². The smallest absolute Gasteiger partial charge is 0.352 e. The van der Waals surface area contributed by atoms with Gasteiger partial charge in [0.1, 0.15) is 11.4 Å². The van der Waals surface area contributed by atoms with Crippen molar-refractivity contribution < 1.29 is 14.6 Å². The van der Waals surface area contributed by atoms with Crippen LogP contribution in [0.4, 0.5) is 0 Å². The van der Waals surface area contributed by atoms with Crippen molar-refractivity contribution in [1.82, 2.24) is 4.57 Å². The first-order valence-electron chi connectivity index (χ1n) is 6.36. The minimum Gasteiger partial charge on any atom is -0.493 e. The number of carbonyl (C=O) groups is 1. The third-order valence-corrected chi connectivity index (χ3v) is 3.55. The Morgan fingerprint density at radius 3 is 3.00 bits per heavy atom. The minimum absolute atomic E-state index is 0.301. The topological polar surface area (TPSA) is 51.5 Å². The molecule has 0 spiro atoms. The van der Waals surface area contributed by atoms with Gasteiger partial charge in [-0.2, -0.15) is 0 Å². The number of hydrogen-bond donors (Lipinski definition) is 1. The Morgan fingerprint density at radius 1 is 1.32 bits per heavy atom. The Hall–Kier alpha value is -2.23. The Labute approximate surface area is 111 Å². The second-order valence-corrected chi connectivity index (χ2v) is 4.72. The van der Waals surface area contributed by atoms with Crippen molar-refractivity contribution in [3.05, 3.63) is 53.9 Å². The molecule has 2 heterocycles. The molecule has 1 atom stereocenters. The monoisotopic (exact) mass is 257 g/mol. The van der Waals surface area contributed by atoms with Gasteiger partial charge in [-0.25, -0.2) is 4.79 Å². The van der Waals surface area contributed by atoms with Crippen molar-refractivity contribution >= 4 is 5.97 Å². The average molecular weight is 257 g/mol. The van der Waals surface area contributed by atoms with Crippen LogP contribution in [0.3, 0.4) is 0 Å². The van der Waals surface area contributed by atoms with Gasteiger partial charge >= 0.3 is 5.97 Å². The molecule has 0 radical (unpaired) electrons. The van der Waals surface area contributed by atoms with Crippen LogP contribution in [0.5, 0.6) is 5.75 Å². The molecule has 98 valence electrons. The van der Waals surface area contributed by atoms with E-state index in [1.165, 1.54) is 5.56 Å². The Balaban J connectivity index is 1.89. The highest BCUT2D eigenvalue weighted by Crippen LogP contribution is 2.34. The third-order valence-electron chi connectivity index (χ3n) is 3.55. The molecule has 1 aromatic heterocycles. The molecule has 1 aromatic carbocycles. The number of aromatic carboxylic acids is 1. The van der Waals surface area contributed by atoms with Gasteiger partial charge in [0.05, 0.1) is 6.61 Å². The zero-order chi connectivity index (χ0) is 13.2. The van der Waals surface area contributed by atoms with E-state index in [-0.39, 0.29) is 0 Å². The lowest BCUT2D eigenvalue weighted by Crippen LogP contribution is -2.20. The number of fused-ring (bicyclic) bond motifs is 1. The molecule has 19 heavy (non-hydrogen) atoms. The Bertz CT molecular complexity index is 603. The van der Waals surface area contributed by atoms with Crippen LogP contribution in [0, 0.1) is 0 Å². The van der Waals surface area contributed by atoms with Gasteiger partial charge in [0, 0.05) is 18.7 Å². The second-order valence-electron chi connectivity index (χ2n) is 4.72. The maximum Gasteiger partial charge on any atom is 0.352 e. The first kappa shape index (κ1) is 11.8. The second kappa shape index (κ2) is 4.80. The molecule has 0 saturated carbocycles. The van der Waals surface area contributed by atoms with Crippen molar-refractivity contribution in [1.29, 1.82) is 0 Å². The number of aromatic nitrogens is 1. The molecule has 2 aromatic rings. The van der Waals surface area contributed by atoms with Gasteiger partial charge in [0.2, 0.25) is 0 Å². The van der Waals surface area contributed by atoms with Crippen LogP contribution in [-0.2, 0) is 6.54 Å². The van der Waals surface area contributed by atoms with E-state index in [1.807, 2.05) is 24.4 Å². The predicted octanol–water partition coefficient (Wildman–Crippen LogP) is 2.75. The zero-order valence-corrected chi connectivity index (χ0v) is 10.5. The van der Waals surface area contributed by atoms with Gasteiger partial charge in [-0.3, -0.25) is 0 Å². The number of rotatable bonds is 3. The number of ether oxygens (including phenoxy) is 1. The van der Waals surface area contributed by atoms with Crippen LogP contribution in [0.2, 0.25) is 0 Å². The molecule has 1 aliphatic heterocycles. The predicted molar refractivity (Wildman–Crippen MR) is 70.7 cm³/mol. The number of hydrogen-bond acceptors (Lipinski definition) is 2. The number of carboxylic acids is 1. The lowest BCUT2D eigenvalue weighted by Gasteiger charge is -2.26. The van der Waals surface area contributed by atoms with E-state index < -0.39 is 5.97 Å². The van der Waals surface area contributed by atoms with Crippen molar-refractivity contribution in [2.45, 2.75) is 18.9 Å². The summed E-state index contributed by atoms with van der Waals surface area (Å²) in [7, 11) is 0. The van der Waals surface area contributed by atoms with Crippen LogP contribution in [0.1, 0.15) is 28.4 Å².